The second kappa shape index (κ2) is 6.53. The molecule has 18 heavy (non-hydrogen) atoms. The lowest BCUT2D eigenvalue weighted by Crippen LogP contribution is -2.49. The summed E-state index contributed by atoms with van der Waals surface area (Å²) < 4.78 is 0. The first kappa shape index (κ1) is 15.4. The number of hydrogen-bond donors (Lipinski definition) is 2. The Bertz CT molecular complexity index is 263. The van der Waals surface area contributed by atoms with E-state index in [1.807, 2.05) is 0 Å². The van der Waals surface area contributed by atoms with E-state index in [1.165, 1.54) is 19.5 Å². The van der Waals surface area contributed by atoms with Crippen LogP contribution in [0.15, 0.2) is 0 Å². The van der Waals surface area contributed by atoms with Gasteiger partial charge in [-0.15, -0.1) is 0 Å². The van der Waals surface area contributed by atoms with Crippen LogP contribution in [0.1, 0.15) is 40.5 Å². The van der Waals surface area contributed by atoms with Crippen molar-refractivity contribution in [1.29, 1.82) is 0 Å². The summed E-state index contributed by atoms with van der Waals surface area (Å²) in [6.07, 6.45) is 2.34. The number of carbonyl (C=O) groups excluding carboxylic acids is 1. The number of nitrogens with zero attached hydrogens (tertiary/aromatic N) is 1. The van der Waals surface area contributed by atoms with Crippen molar-refractivity contribution in [2.75, 3.05) is 26.2 Å². The number of rotatable bonds is 5. The summed E-state index contributed by atoms with van der Waals surface area (Å²) in [5.41, 5.74) is 4.95. The number of likely N-dealkylation sites (tertiary alicyclic amines) is 1. The number of carbonyl (C=O) groups is 1. The van der Waals surface area contributed by atoms with Gasteiger partial charge in [-0.05, 0) is 45.1 Å². The first-order valence-electron chi connectivity index (χ1n) is 7.08. The molecule has 1 heterocycles. The smallest absolute Gasteiger partial charge is 0.239 e. The van der Waals surface area contributed by atoms with Crippen molar-refractivity contribution < 1.29 is 4.79 Å². The van der Waals surface area contributed by atoms with Gasteiger partial charge in [-0.2, -0.15) is 0 Å². The maximum Gasteiger partial charge on any atom is 0.239 e. The van der Waals surface area contributed by atoms with Gasteiger partial charge in [0, 0.05) is 19.6 Å². The van der Waals surface area contributed by atoms with Crippen molar-refractivity contribution in [3.63, 3.8) is 0 Å². The van der Waals surface area contributed by atoms with Gasteiger partial charge in [-0.3, -0.25) is 4.79 Å². The number of piperidine rings is 1. The molecule has 1 fully saturated rings. The lowest BCUT2D eigenvalue weighted by Gasteiger charge is -2.35. The maximum absolute atomic E-state index is 11.6. The molecule has 2 atom stereocenters. The highest BCUT2D eigenvalue weighted by Gasteiger charge is 2.22. The maximum atomic E-state index is 11.6. The summed E-state index contributed by atoms with van der Waals surface area (Å²) in [7, 11) is 0. The zero-order valence-corrected chi connectivity index (χ0v) is 12.3. The molecule has 106 valence electrons. The number of hydrogen-bond acceptors (Lipinski definition) is 3. The van der Waals surface area contributed by atoms with Crippen LogP contribution in [0, 0.1) is 11.8 Å². The Morgan fingerprint density at radius 2 is 1.89 bits per heavy atom. The Morgan fingerprint density at radius 3 is 2.39 bits per heavy atom. The van der Waals surface area contributed by atoms with Crippen LogP contribution in [-0.2, 0) is 4.79 Å². The van der Waals surface area contributed by atoms with Crippen LogP contribution in [0.25, 0.3) is 0 Å². The zero-order chi connectivity index (χ0) is 13.8. The first-order valence-corrected chi connectivity index (χ1v) is 7.08. The molecule has 2 unspecified atom stereocenters. The summed E-state index contributed by atoms with van der Waals surface area (Å²) in [6, 6.07) is 0. The van der Waals surface area contributed by atoms with E-state index in [-0.39, 0.29) is 5.91 Å². The minimum atomic E-state index is -0.770. The number of nitrogens with one attached hydrogen (secondary N) is 1. The van der Waals surface area contributed by atoms with Gasteiger partial charge in [-0.1, -0.05) is 13.8 Å². The number of nitrogens with two attached hydrogens (primary N) is 1. The third-order valence-electron chi connectivity index (χ3n) is 3.47. The van der Waals surface area contributed by atoms with Crippen LogP contribution in [0.2, 0.25) is 0 Å². The van der Waals surface area contributed by atoms with Crippen molar-refractivity contribution in [2.45, 2.75) is 46.1 Å². The Morgan fingerprint density at radius 1 is 1.33 bits per heavy atom. The summed E-state index contributed by atoms with van der Waals surface area (Å²) in [6.45, 7) is 12.3. The molecule has 0 bridgehead atoms. The molecule has 4 heteroatoms. The molecule has 0 aromatic heterocycles. The fourth-order valence-electron chi connectivity index (χ4n) is 2.71. The molecule has 1 aliphatic heterocycles. The van der Waals surface area contributed by atoms with Crippen LogP contribution in [0.3, 0.4) is 0 Å². The first-order chi connectivity index (χ1) is 8.29. The van der Waals surface area contributed by atoms with E-state index in [4.69, 9.17) is 5.73 Å². The van der Waals surface area contributed by atoms with Gasteiger partial charge >= 0.3 is 0 Å². The molecule has 0 radical (unpaired) electrons. The average Bonchev–Trinajstić information content (AvgIpc) is 2.21. The fraction of sp³-hybridized carbons (Fsp3) is 0.929. The summed E-state index contributed by atoms with van der Waals surface area (Å²) in [5.74, 6) is 1.53. The third kappa shape index (κ3) is 5.36. The van der Waals surface area contributed by atoms with E-state index < -0.39 is 5.54 Å². The van der Waals surface area contributed by atoms with E-state index >= 15 is 0 Å². The Hall–Kier alpha value is -0.610. The lowest BCUT2D eigenvalue weighted by atomic mass is 9.92. The predicted octanol–water partition coefficient (Wildman–Crippen LogP) is 1.21. The van der Waals surface area contributed by atoms with Gasteiger partial charge in [0.2, 0.25) is 5.91 Å². The second-order valence-electron chi connectivity index (χ2n) is 6.54. The molecular weight excluding hydrogens is 226 g/mol. The largest absolute Gasteiger partial charge is 0.354 e. The monoisotopic (exact) mass is 255 g/mol. The van der Waals surface area contributed by atoms with Gasteiger partial charge in [0.1, 0.15) is 0 Å². The van der Waals surface area contributed by atoms with Crippen LogP contribution in [-0.4, -0.2) is 42.5 Å². The third-order valence-corrected chi connectivity index (χ3v) is 3.47. The number of amides is 1. The average molecular weight is 255 g/mol. The standard InChI is InChI=1S/C14H29N3O/c1-11-8-12(2)10-17(9-11)7-5-6-16-13(18)14(3,4)15/h11-12H,5-10,15H2,1-4H3,(H,16,18). The summed E-state index contributed by atoms with van der Waals surface area (Å²) in [5, 5.41) is 2.89. The second-order valence-corrected chi connectivity index (χ2v) is 6.54. The summed E-state index contributed by atoms with van der Waals surface area (Å²) in [4.78, 5) is 14.1. The van der Waals surface area contributed by atoms with Crippen molar-refractivity contribution in [2.24, 2.45) is 17.6 Å². The van der Waals surface area contributed by atoms with Crippen molar-refractivity contribution in [3.8, 4) is 0 Å². The van der Waals surface area contributed by atoms with Gasteiger partial charge in [0.05, 0.1) is 5.54 Å². The molecule has 4 nitrogen and oxygen atoms in total. The van der Waals surface area contributed by atoms with Crippen LogP contribution in [0.5, 0.6) is 0 Å². The van der Waals surface area contributed by atoms with E-state index in [0.29, 0.717) is 0 Å². The Kier molecular flexibility index (Phi) is 5.60. The fourth-order valence-corrected chi connectivity index (χ4v) is 2.71. The van der Waals surface area contributed by atoms with Crippen molar-refractivity contribution in [1.82, 2.24) is 10.2 Å². The molecule has 3 N–H and O–H groups in total. The molecular formula is C14H29N3O. The molecule has 1 saturated heterocycles. The molecule has 1 aliphatic rings. The molecule has 0 saturated carbocycles. The van der Waals surface area contributed by atoms with Gasteiger partial charge < -0.3 is 16.0 Å². The Balaban J connectivity index is 2.16. The minimum absolute atomic E-state index is 0.0668. The predicted molar refractivity (Wildman–Crippen MR) is 75.3 cm³/mol. The summed E-state index contributed by atoms with van der Waals surface area (Å²) >= 11 is 0. The van der Waals surface area contributed by atoms with Gasteiger partial charge in [-0.25, -0.2) is 0 Å². The van der Waals surface area contributed by atoms with Crippen LogP contribution >= 0.6 is 0 Å². The minimum Gasteiger partial charge on any atom is -0.354 e. The highest BCUT2D eigenvalue weighted by Crippen LogP contribution is 2.20. The molecule has 1 amide bonds. The quantitative estimate of drug-likeness (QED) is 0.726. The molecule has 0 spiro atoms. The zero-order valence-electron chi connectivity index (χ0n) is 12.3. The molecule has 1 rings (SSSR count). The molecule has 0 aliphatic carbocycles. The van der Waals surface area contributed by atoms with Crippen molar-refractivity contribution >= 4 is 5.91 Å². The highest BCUT2D eigenvalue weighted by molar-refractivity contribution is 5.84. The SMILES string of the molecule is CC1CC(C)CN(CCCNC(=O)C(C)(C)N)C1. The van der Waals surface area contributed by atoms with E-state index in [2.05, 4.69) is 24.1 Å². The van der Waals surface area contributed by atoms with Gasteiger partial charge in [0.15, 0.2) is 0 Å². The van der Waals surface area contributed by atoms with Crippen LogP contribution < -0.4 is 11.1 Å². The normalized spacial score (nSPS) is 26.1. The van der Waals surface area contributed by atoms with E-state index in [1.54, 1.807) is 13.8 Å². The molecule has 0 aromatic carbocycles. The topological polar surface area (TPSA) is 58.4 Å². The van der Waals surface area contributed by atoms with Crippen LogP contribution in [0.4, 0.5) is 0 Å². The Labute approximate surface area is 111 Å². The lowest BCUT2D eigenvalue weighted by molar-refractivity contribution is -0.125. The highest BCUT2D eigenvalue weighted by atomic mass is 16.2. The van der Waals surface area contributed by atoms with Crippen molar-refractivity contribution in [3.05, 3.63) is 0 Å². The van der Waals surface area contributed by atoms with Gasteiger partial charge in [0.25, 0.3) is 0 Å². The van der Waals surface area contributed by atoms with E-state index in [9.17, 15) is 4.79 Å². The van der Waals surface area contributed by atoms with E-state index in [0.717, 1.165) is 31.3 Å². The molecule has 0 aromatic rings.